The maximum atomic E-state index is 12.9. The van der Waals surface area contributed by atoms with Gasteiger partial charge in [0.25, 0.3) is 11.8 Å². The Hall–Kier alpha value is -3.64. The van der Waals surface area contributed by atoms with Gasteiger partial charge in [0.2, 0.25) is 5.91 Å². The number of carbonyl (C=O) groups excluding carboxylic acids is 3. The number of imide groups is 1. The average Bonchev–Trinajstić information content (AvgIpc) is 3.01. The van der Waals surface area contributed by atoms with Gasteiger partial charge in [0.05, 0.1) is 16.8 Å². The fourth-order valence-electron chi connectivity index (χ4n) is 3.22. The summed E-state index contributed by atoms with van der Waals surface area (Å²) in [7, 11) is 0. The topological polar surface area (TPSA) is 75.7 Å². The van der Waals surface area contributed by atoms with Crippen LogP contribution in [0.2, 0.25) is 5.02 Å². The van der Waals surface area contributed by atoms with Crippen molar-refractivity contribution in [2.45, 2.75) is 13.0 Å². The zero-order chi connectivity index (χ0) is 21.3. The van der Waals surface area contributed by atoms with Gasteiger partial charge in [0, 0.05) is 5.02 Å². The molecule has 1 aliphatic heterocycles. The van der Waals surface area contributed by atoms with Crippen LogP contribution in [0.5, 0.6) is 11.5 Å². The van der Waals surface area contributed by atoms with E-state index < -0.39 is 23.8 Å². The Balaban J connectivity index is 1.56. The molecule has 0 spiro atoms. The van der Waals surface area contributed by atoms with Crippen molar-refractivity contribution in [3.63, 3.8) is 0 Å². The lowest BCUT2D eigenvalue weighted by molar-refractivity contribution is -0.119. The van der Waals surface area contributed by atoms with Gasteiger partial charge in [0.1, 0.15) is 11.8 Å². The van der Waals surface area contributed by atoms with E-state index in [1.165, 1.54) is 6.92 Å². The van der Waals surface area contributed by atoms with Crippen molar-refractivity contribution in [1.29, 1.82) is 0 Å². The first-order valence-corrected chi connectivity index (χ1v) is 9.64. The quantitative estimate of drug-likeness (QED) is 0.604. The summed E-state index contributed by atoms with van der Waals surface area (Å²) in [5.41, 5.74) is 0.913. The summed E-state index contributed by atoms with van der Waals surface area (Å²) in [6.45, 7) is 1.50. The molecule has 4 rings (SSSR count). The second-order valence-corrected chi connectivity index (χ2v) is 7.18. The Morgan fingerprint density at radius 2 is 1.53 bits per heavy atom. The smallest absolute Gasteiger partial charge is 0.262 e. The predicted molar refractivity (Wildman–Crippen MR) is 113 cm³/mol. The van der Waals surface area contributed by atoms with Crippen LogP contribution in [-0.2, 0) is 4.79 Å². The monoisotopic (exact) mass is 420 g/mol. The summed E-state index contributed by atoms with van der Waals surface area (Å²) in [5.74, 6) is -0.558. The van der Waals surface area contributed by atoms with Gasteiger partial charge in [-0.1, -0.05) is 41.9 Å². The maximum absolute atomic E-state index is 12.9. The summed E-state index contributed by atoms with van der Waals surface area (Å²) in [6, 6.07) is 19.4. The van der Waals surface area contributed by atoms with Crippen LogP contribution in [-0.4, -0.2) is 28.7 Å². The van der Waals surface area contributed by atoms with Gasteiger partial charge in [-0.3, -0.25) is 19.3 Å². The Kier molecular flexibility index (Phi) is 5.25. The Morgan fingerprint density at radius 3 is 2.17 bits per heavy atom. The fourth-order valence-corrected chi connectivity index (χ4v) is 3.39. The molecule has 0 fully saturated rings. The molecule has 150 valence electrons. The summed E-state index contributed by atoms with van der Waals surface area (Å²) in [6.07, 6.45) is 0. The number of anilines is 1. The molecule has 0 saturated heterocycles. The molecule has 1 atom stereocenters. The molecule has 3 amide bonds. The minimum Gasteiger partial charge on any atom is -0.455 e. The number of benzene rings is 3. The summed E-state index contributed by atoms with van der Waals surface area (Å²) >= 11 is 6.09. The van der Waals surface area contributed by atoms with Crippen molar-refractivity contribution in [1.82, 2.24) is 4.90 Å². The van der Waals surface area contributed by atoms with Crippen molar-refractivity contribution in [2.75, 3.05) is 5.32 Å². The van der Waals surface area contributed by atoms with Crippen LogP contribution in [0.1, 0.15) is 27.6 Å². The van der Waals surface area contributed by atoms with E-state index in [4.69, 9.17) is 16.3 Å². The van der Waals surface area contributed by atoms with Crippen LogP contribution in [0.25, 0.3) is 0 Å². The summed E-state index contributed by atoms with van der Waals surface area (Å²) in [5, 5.41) is 3.12. The molecule has 1 N–H and O–H groups in total. The van der Waals surface area contributed by atoms with Crippen molar-refractivity contribution >= 4 is 35.0 Å². The van der Waals surface area contributed by atoms with Gasteiger partial charge in [0.15, 0.2) is 5.75 Å². The number of nitrogens with zero attached hydrogens (tertiary/aromatic N) is 1. The van der Waals surface area contributed by atoms with Crippen LogP contribution in [0.3, 0.4) is 0 Å². The Bertz CT molecular complexity index is 1110. The highest BCUT2D eigenvalue weighted by Crippen LogP contribution is 2.33. The standard InChI is InChI=1S/C23H17ClN2O4/c1-14(26-22(28)17-9-5-6-10-18(17)23(26)29)21(27)25-19-13-15(24)11-12-20(19)30-16-7-3-2-4-8-16/h2-14H,1H3,(H,25,27). The van der Waals surface area contributed by atoms with Gasteiger partial charge in [-0.2, -0.15) is 0 Å². The third-order valence-corrected chi connectivity index (χ3v) is 5.00. The zero-order valence-electron chi connectivity index (χ0n) is 16.0. The number of hydrogen-bond acceptors (Lipinski definition) is 4. The molecule has 0 aromatic heterocycles. The second kappa shape index (κ2) is 8.00. The molecule has 0 saturated carbocycles. The third-order valence-electron chi connectivity index (χ3n) is 4.76. The summed E-state index contributed by atoms with van der Waals surface area (Å²) < 4.78 is 5.84. The number of carbonyl (C=O) groups is 3. The summed E-state index contributed by atoms with van der Waals surface area (Å²) in [4.78, 5) is 39.2. The molecule has 30 heavy (non-hydrogen) atoms. The van der Waals surface area contributed by atoms with Gasteiger partial charge in [-0.15, -0.1) is 0 Å². The van der Waals surface area contributed by atoms with Crippen LogP contribution in [0, 0.1) is 0 Å². The molecule has 3 aromatic rings. The van der Waals surface area contributed by atoms with Gasteiger partial charge in [-0.25, -0.2) is 0 Å². The van der Waals surface area contributed by atoms with Crippen molar-refractivity contribution in [3.8, 4) is 11.5 Å². The highest BCUT2D eigenvalue weighted by molar-refractivity contribution is 6.31. The maximum Gasteiger partial charge on any atom is 0.262 e. The number of ether oxygens (including phenoxy) is 1. The number of halogens is 1. The van der Waals surface area contributed by atoms with E-state index in [0.717, 1.165) is 4.90 Å². The first-order chi connectivity index (χ1) is 14.5. The van der Waals surface area contributed by atoms with Crippen molar-refractivity contribution in [2.24, 2.45) is 0 Å². The highest BCUT2D eigenvalue weighted by Gasteiger charge is 2.40. The van der Waals surface area contributed by atoms with Crippen LogP contribution < -0.4 is 10.1 Å². The molecular weight excluding hydrogens is 404 g/mol. The largest absolute Gasteiger partial charge is 0.455 e. The van der Waals surface area contributed by atoms with E-state index in [0.29, 0.717) is 22.2 Å². The minimum atomic E-state index is -1.03. The highest BCUT2D eigenvalue weighted by atomic mass is 35.5. The molecule has 0 radical (unpaired) electrons. The van der Waals surface area contributed by atoms with Gasteiger partial charge >= 0.3 is 0 Å². The zero-order valence-corrected chi connectivity index (χ0v) is 16.7. The van der Waals surface area contributed by atoms with E-state index in [1.54, 1.807) is 54.6 Å². The second-order valence-electron chi connectivity index (χ2n) is 6.75. The molecule has 1 unspecified atom stereocenters. The van der Waals surface area contributed by atoms with E-state index in [9.17, 15) is 14.4 Å². The predicted octanol–water partition coefficient (Wildman–Crippen LogP) is 4.76. The van der Waals surface area contributed by atoms with E-state index in [-0.39, 0.29) is 11.1 Å². The van der Waals surface area contributed by atoms with Crippen molar-refractivity contribution < 1.29 is 19.1 Å². The average molecular weight is 421 g/mol. The van der Waals surface area contributed by atoms with E-state index in [1.807, 2.05) is 18.2 Å². The number of fused-ring (bicyclic) bond motifs is 1. The molecule has 3 aromatic carbocycles. The number of amides is 3. The lowest BCUT2D eigenvalue weighted by Gasteiger charge is -2.22. The first-order valence-electron chi connectivity index (χ1n) is 9.26. The Labute approximate surface area is 178 Å². The molecule has 1 heterocycles. The molecular formula is C23H17ClN2O4. The van der Waals surface area contributed by atoms with Crippen molar-refractivity contribution in [3.05, 3.63) is 88.9 Å². The van der Waals surface area contributed by atoms with Gasteiger partial charge < -0.3 is 10.1 Å². The van der Waals surface area contributed by atoms with Gasteiger partial charge in [-0.05, 0) is 49.4 Å². The fraction of sp³-hybridized carbons (Fsp3) is 0.0870. The number of nitrogens with one attached hydrogen (secondary N) is 1. The lowest BCUT2D eigenvalue weighted by atomic mass is 10.1. The lowest BCUT2D eigenvalue weighted by Crippen LogP contribution is -2.45. The molecule has 0 aliphatic carbocycles. The van der Waals surface area contributed by atoms with Crippen LogP contribution in [0.4, 0.5) is 5.69 Å². The SMILES string of the molecule is CC(C(=O)Nc1cc(Cl)ccc1Oc1ccccc1)N1C(=O)c2ccccc2C1=O. The number of hydrogen-bond donors (Lipinski definition) is 1. The van der Waals surface area contributed by atoms with E-state index in [2.05, 4.69) is 5.32 Å². The minimum absolute atomic E-state index is 0.290. The number of rotatable bonds is 5. The normalized spacial score (nSPS) is 13.7. The molecule has 1 aliphatic rings. The van der Waals surface area contributed by atoms with Crippen LogP contribution in [0.15, 0.2) is 72.8 Å². The van der Waals surface area contributed by atoms with E-state index >= 15 is 0 Å². The molecule has 6 nitrogen and oxygen atoms in total. The third kappa shape index (κ3) is 3.65. The number of para-hydroxylation sites is 1. The Morgan fingerprint density at radius 1 is 0.933 bits per heavy atom. The molecule has 7 heteroatoms. The molecule has 0 bridgehead atoms. The van der Waals surface area contributed by atoms with Crippen LogP contribution >= 0.6 is 11.6 Å². The first kappa shape index (κ1) is 19.7.